The van der Waals surface area contributed by atoms with Gasteiger partial charge < -0.3 is 4.57 Å². The fourth-order valence-electron chi connectivity index (χ4n) is 8.08. The largest absolute Gasteiger partial charge is 0.308 e. The van der Waals surface area contributed by atoms with Crippen LogP contribution in [0.3, 0.4) is 0 Å². The molecule has 0 saturated carbocycles. The number of hydrogen-bond acceptors (Lipinski definition) is 3. The van der Waals surface area contributed by atoms with Gasteiger partial charge in [-0.25, -0.2) is 0 Å². The van der Waals surface area contributed by atoms with Crippen molar-refractivity contribution >= 4 is 64.6 Å². The first-order chi connectivity index (χ1) is 22.4. The third kappa shape index (κ3) is 3.51. The van der Waals surface area contributed by atoms with Crippen LogP contribution < -0.4 is 0 Å². The molecule has 1 atom stereocenters. The maximum atomic E-state index is 10.6. The Balaban J connectivity index is 1.29. The van der Waals surface area contributed by atoms with Gasteiger partial charge in [-0.1, -0.05) is 87.5 Å². The highest BCUT2D eigenvalue weighted by Crippen LogP contribution is 2.54. The topological polar surface area (TPSA) is 52.5 Å². The molecule has 9 rings (SSSR count). The molecule has 2 aliphatic rings. The van der Waals surface area contributed by atoms with E-state index in [9.17, 15) is 10.5 Å². The summed E-state index contributed by atoms with van der Waals surface area (Å²) < 4.78 is 4.89. The maximum Gasteiger partial charge on any atom is 0.0991 e. The van der Waals surface area contributed by atoms with Gasteiger partial charge in [0.05, 0.1) is 40.0 Å². The zero-order valence-electron chi connectivity index (χ0n) is 25.8. The molecule has 0 saturated heterocycles. The Labute approximate surface area is 271 Å². The second kappa shape index (κ2) is 9.54. The van der Waals surface area contributed by atoms with E-state index >= 15 is 0 Å². The maximum absolute atomic E-state index is 10.6. The first kappa shape index (κ1) is 26.9. The lowest BCUT2D eigenvalue weighted by Gasteiger charge is -2.25. The van der Waals surface area contributed by atoms with E-state index in [4.69, 9.17) is 0 Å². The quantitative estimate of drug-likeness (QED) is 0.196. The number of rotatable bonds is 2. The van der Waals surface area contributed by atoms with Crippen LogP contribution in [-0.2, 0) is 5.41 Å². The number of para-hydroxylation sites is 1. The zero-order chi connectivity index (χ0) is 31.3. The molecule has 0 spiro atoms. The Bertz CT molecular complexity index is 2630. The number of fused-ring (bicyclic) bond motifs is 10. The summed E-state index contributed by atoms with van der Waals surface area (Å²) in [6, 6.07) is 39.4. The van der Waals surface area contributed by atoms with Crippen molar-refractivity contribution in [1.82, 2.24) is 4.57 Å². The van der Waals surface area contributed by atoms with Crippen molar-refractivity contribution in [2.75, 3.05) is 0 Å². The van der Waals surface area contributed by atoms with Gasteiger partial charge in [-0.15, -0.1) is 11.3 Å². The molecule has 7 aromatic rings. The van der Waals surface area contributed by atoms with Crippen molar-refractivity contribution in [1.29, 1.82) is 10.5 Å². The number of nitrogens with zero attached hydrogens (tertiary/aromatic N) is 3. The van der Waals surface area contributed by atoms with Crippen LogP contribution in [0, 0.1) is 28.6 Å². The highest BCUT2D eigenvalue weighted by molar-refractivity contribution is 7.26. The third-order valence-corrected chi connectivity index (χ3v) is 11.5. The van der Waals surface area contributed by atoms with E-state index in [0.29, 0.717) is 5.56 Å². The second-order valence-electron chi connectivity index (χ2n) is 13.2. The van der Waals surface area contributed by atoms with Gasteiger partial charge in [0.1, 0.15) is 0 Å². The molecule has 46 heavy (non-hydrogen) atoms. The number of nitriles is 2. The number of allylic oxidation sites excluding steroid dienone is 4. The van der Waals surface area contributed by atoms with E-state index in [1.165, 1.54) is 42.4 Å². The van der Waals surface area contributed by atoms with Crippen LogP contribution in [-0.4, -0.2) is 4.57 Å². The van der Waals surface area contributed by atoms with Gasteiger partial charge in [0.25, 0.3) is 0 Å². The van der Waals surface area contributed by atoms with Crippen molar-refractivity contribution in [3.05, 3.63) is 131 Å². The standard InChI is InChI=1S/C42H29N3S/c1-24-12-15-27(40(34(24)23-44)45-36-11-7-5-9-29(36)32-20-25(22-43)13-18-37(32)45)26-14-19-38-33(21-26)31-17-16-30-28-8-4-6-10-35(28)42(2,3)39(30)41(31)46-38/h4-11,13-21,24H,12H2,1-3H3. The van der Waals surface area contributed by atoms with E-state index < -0.39 is 0 Å². The molecule has 0 fully saturated rings. The number of thiophene rings is 1. The van der Waals surface area contributed by atoms with Crippen LogP contribution >= 0.6 is 11.3 Å². The minimum atomic E-state index is -0.0727. The Morgan fingerprint density at radius 1 is 0.761 bits per heavy atom. The van der Waals surface area contributed by atoms with Crippen LogP contribution in [0.15, 0.2) is 109 Å². The molecule has 4 heteroatoms. The van der Waals surface area contributed by atoms with Crippen molar-refractivity contribution in [3.8, 4) is 23.3 Å². The molecule has 2 aromatic heterocycles. The number of hydrogen-bond donors (Lipinski definition) is 0. The lowest BCUT2D eigenvalue weighted by molar-refractivity contribution is 0.667. The summed E-state index contributed by atoms with van der Waals surface area (Å²) in [6.45, 7) is 6.85. The van der Waals surface area contributed by atoms with E-state index in [-0.39, 0.29) is 11.3 Å². The zero-order valence-corrected chi connectivity index (χ0v) is 26.7. The highest BCUT2D eigenvalue weighted by Gasteiger charge is 2.37. The fourth-order valence-corrected chi connectivity index (χ4v) is 9.47. The first-order valence-corrected chi connectivity index (χ1v) is 16.6. The SMILES string of the molecule is CC1CC=C(c2ccc3sc4c5c(ccc4c3c2)-c2ccccc2C5(C)C)C(n2c3ccccc3c3cc(C#N)ccc32)=C1C#N. The summed E-state index contributed by atoms with van der Waals surface area (Å²) in [5.74, 6) is 0.0931. The average Bonchev–Trinajstić information content (AvgIpc) is 3.69. The predicted molar refractivity (Wildman–Crippen MR) is 192 cm³/mol. The molecule has 1 unspecified atom stereocenters. The minimum Gasteiger partial charge on any atom is -0.308 e. The molecule has 2 aliphatic carbocycles. The summed E-state index contributed by atoms with van der Waals surface area (Å²) >= 11 is 1.89. The normalized spacial score (nSPS) is 16.9. The molecular weight excluding hydrogens is 579 g/mol. The number of benzene rings is 5. The molecule has 5 aromatic carbocycles. The van der Waals surface area contributed by atoms with Crippen molar-refractivity contribution in [2.45, 2.75) is 32.6 Å². The van der Waals surface area contributed by atoms with E-state index in [0.717, 1.165) is 50.6 Å². The van der Waals surface area contributed by atoms with Gasteiger partial charge in [0.15, 0.2) is 0 Å². The molecule has 218 valence electrons. The van der Waals surface area contributed by atoms with E-state index in [2.05, 4.69) is 110 Å². The summed E-state index contributed by atoms with van der Waals surface area (Å²) in [5, 5.41) is 25.0. The lowest BCUT2D eigenvalue weighted by Crippen LogP contribution is -2.14. The monoisotopic (exact) mass is 607 g/mol. The van der Waals surface area contributed by atoms with Crippen LogP contribution in [0.1, 0.15) is 49.4 Å². The minimum absolute atomic E-state index is 0.0727. The summed E-state index contributed by atoms with van der Waals surface area (Å²) in [5.41, 5.74) is 12.0. The van der Waals surface area contributed by atoms with Gasteiger partial charge >= 0.3 is 0 Å². The second-order valence-corrected chi connectivity index (χ2v) is 14.2. The molecule has 0 aliphatic heterocycles. The van der Waals surface area contributed by atoms with Gasteiger partial charge in [-0.2, -0.15) is 10.5 Å². The third-order valence-electron chi connectivity index (χ3n) is 10.3. The van der Waals surface area contributed by atoms with Crippen molar-refractivity contribution in [3.63, 3.8) is 0 Å². The van der Waals surface area contributed by atoms with Gasteiger partial charge in [0, 0.05) is 41.9 Å². The van der Waals surface area contributed by atoms with Gasteiger partial charge in [0.2, 0.25) is 0 Å². The van der Waals surface area contributed by atoms with Gasteiger partial charge in [-0.05, 0) is 76.6 Å². The smallest absolute Gasteiger partial charge is 0.0991 e. The van der Waals surface area contributed by atoms with Crippen LogP contribution in [0.5, 0.6) is 0 Å². The highest BCUT2D eigenvalue weighted by atomic mass is 32.1. The molecule has 0 bridgehead atoms. The van der Waals surface area contributed by atoms with Crippen molar-refractivity contribution < 1.29 is 0 Å². The molecule has 3 nitrogen and oxygen atoms in total. The number of aromatic nitrogens is 1. The Morgan fingerprint density at radius 2 is 1.57 bits per heavy atom. The Kier molecular flexibility index (Phi) is 5.59. The van der Waals surface area contributed by atoms with Gasteiger partial charge in [-0.3, -0.25) is 0 Å². The van der Waals surface area contributed by atoms with Crippen LogP contribution in [0.4, 0.5) is 0 Å². The molecular formula is C42H29N3S. The Morgan fingerprint density at radius 3 is 2.41 bits per heavy atom. The lowest BCUT2D eigenvalue weighted by atomic mass is 9.82. The predicted octanol–water partition coefficient (Wildman–Crippen LogP) is 11.2. The van der Waals surface area contributed by atoms with Crippen LogP contribution in [0.25, 0.3) is 64.4 Å². The molecule has 0 radical (unpaired) electrons. The van der Waals surface area contributed by atoms with Crippen LogP contribution in [0.2, 0.25) is 0 Å². The molecule has 2 heterocycles. The summed E-state index contributed by atoms with van der Waals surface area (Å²) in [6.07, 6.45) is 3.12. The average molecular weight is 608 g/mol. The molecule has 0 amide bonds. The first-order valence-electron chi connectivity index (χ1n) is 15.8. The van der Waals surface area contributed by atoms with Crippen molar-refractivity contribution in [2.24, 2.45) is 5.92 Å². The van der Waals surface area contributed by atoms with E-state index in [1.807, 2.05) is 41.7 Å². The van der Waals surface area contributed by atoms with E-state index in [1.54, 1.807) is 0 Å². The molecule has 0 N–H and O–H groups in total. The summed E-state index contributed by atoms with van der Waals surface area (Å²) in [7, 11) is 0. The summed E-state index contributed by atoms with van der Waals surface area (Å²) in [4.78, 5) is 0. The fraction of sp³-hybridized carbons (Fsp3) is 0.143. The Hall–Kier alpha value is -5.42.